The van der Waals surface area contributed by atoms with Gasteiger partial charge in [0.15, 0.2) is 0 Å². The molecule has 0 aromatic rings. The number of rotatable bonds is 6. The van der Waals surface area contributed by atoms with E-state index in [-0.39, 0.29) is 12.8 Å². The Balaban J connectivity index is 4.77. The predicted octanol–water partition coefficient (Wildman–Crippen LogP) is 0.422. The molecule has 0 amide bonds. The third-order valence-corrected chi connectivity index (χ3v) is 2.23. The topological polar surface area (TPSA) is 77.8 Å². The van der Waals surface area contributed by atoms with E-state index >= 15 is 0 Å². The van der Waals surface area contributed by atoms with Gasteiger partial charge in [-0.05, 0) is 20.5 Å². The Morgan fingerprint density at radius 3 is 2.14 bits per heavy atom. The summed E-state index contributed by atoms with van der Waals surface area (Å²) in [6, 6.07) is 0. The molecule has 14 heavy (non-hydrogen) atoms. The second-order valence-corrected chi connectivity index (χ2v) is 3.22. The van der Waals surface area contributed by atoms with E-state index in [1.165, 1.54) is 11.0 Å². The van der Waals surface area contributed by atoms with Crippen LogP contribution in [0.3, 0.4) is 0 Å². The first-order valence-electron chi connectivity index (χ1n) is 4.13. The Morgan fingerprint density at radius 1 is 1.43 bits per heavy atom. The normalized spacial score (nSPS) is 14.8. The molecule has 0 saturated carbocycles. The average molecular weight is 201 g/mol. The Labute approximate surface area is 82.6 Å². The molecule has 5 nitrogen and oxygen atoms in total. The standard InChI is InChI=1S/C9H15NO4/c1-4-9(8(13)14,10(2)3)6-5-7(11)12/h4H,1,5-6H2,2-3H3,(H,11,12)(H,13,14). The van der Waals surface area contributed by atoms with Crippen LogP contribution in [0.4, 0.5) is 0 Å². The minimum absolute atomic E-state index is 0.00810. The van der Waals surface area contributed by atoms with Crippen molar-refractivity contribution in [1.82, 2.24) is 4.90 Å². The number of hydrogen-bond donors (Lipinski definition) is 2. The maximum absolute atomic E-state index is 11.0. The first-order valence-corrected chi connectivity index (χ1v) is 4.13. The predicted molar refractivity (Wildman–Crippen MR) is 51.1 cm³/mol. The highest BCUT2D eigenvalue weighted by atomic mass is 16.4. The molecule has 0 heterocycles. The summed E-state index contributed by atoms with van der Waals surface area (Å²) in [6.45, 7) is 3.44. The molecule has 0 aliphatic rings. The first-order chi connectivity index (χ1) is 6.36. The van der Waals surface area contributed by atoms with Crippen LogP contribution in [0.1, 0.15) is 12.8 Å². The molecule has 0 aromatic heterocycles. The zero-order valence-electron chi connectivity index (χ0n) is 8.36. The van der Waals surface area contributed by atoms with E-state index in [0.717, 1.165) is 0 Å². The minimum atomic E-state index is -1.29. The molecule has 5 heteroatoms. The number of carbonyl (C=O) groups is 2. The molecule has 0 spiro atoms. The number of hydrogen-bond acceptors (Lipinski definition) is 3. The van der Waals surface area contributed by atoms with E-state index in [4.69, 9.17) is 10.2 Å². The van der Waals surface area contributed by atoms with Gasteiger partial charge in [0, 0.05) is 6.42 Å². The lowest BCUT2D eigenvalue weighted by Crippen LogP contribution is -2.49. The van der Waals surface area contributed by atoms with Crippen molar-refractivity contribution < 1.29 is 19.8 Å². The largest absolute Gasteiger partial charge is 0.481 e. The minimum Gasteiger partial charge on any atom is -0.481 e. The Bertz CT molecular complexity index is 249. The van der Waals surface area contributed by atoms with Crippen molar-refractivity contribution in [3.63, 3.8) is 0 Å². The van der Waals surface area contributed by atoms with Crippen LogP contribution in [0.15, 0.2) is 12.7 Å². The fraction of sp³-hybridized carbons (Fsp3) is 0.556. The maximum Gasteiger partial charge on any atom is 0.328 e. The summed E-state index contributed by atoms with van der Waals surface area (Å²) in [5.41, 5.74) is -1.29. The molecule has 0 fully saturated rings. The lowest BCUT2D eigenvalue weighted by molar-refractivity contribution is -0.148. The van der Waals surface area contributed by atoms with Gasteiger partial charge in [0.1, 0.15) is 5.54 Å². The van der Waals surface area contributed by atoms with Gasteiger partial charge in [-0.1, -0.05) is 6.08 Å². The molecule has 2 N–H and O–H groups in total. The van der Waals surface area contributed by atoms with Crippen molar-refractivity contribution in [3.05, 3.63) is 12.7 Å². The van der Waals surface area contributed by atoms with Crippen molar-refractivity contribution in [1.29, 1.82) is 0 Å². The summed E-state index contributed by atoms with van der Waals surface area (Å²) in [5, 5.41) is 17.5. The van der Waals surface area contributed by atoms with E-state index in [1.807, 2.05) is 0 Å². The lowest BCUT2D eigenvalue weighted by Gasteiger charge is -2.32. The third kappa shape index (κ3) is 2.56. The zero-order chi connectivity index (χ0) is 11.4. The summed E-state index contributed by atoms with van der Waals surface area (Å²) in [6.07, 6.45) is 1.07. The second kappa shape index (κ2) is 4.76. The van der Waals surface area contributed by atoms with Crippen LogP contribution in [0.25, 0.3) is 0 Å². The molecular weight excluding hydrogens is 186 g/mol. The summed E-state index contributed by atoms with van der Waals surface area (Å²) >= 11 is 0. The molecule has 0 saturated heterocycles. The van der Waals surface area contributed by atoms with Gasteiger partial charge in [-0.15, -0.1) is 6.58 Å². The fourth-order valence-electron chi connectivity index (χ4n) is 1.19. The summed E-state index contributed by atoms with van der Waals surface area (Å²) in [5.74, 6) is -2.10. The van der Waals surface area contributed by atoms with Crippen LogP contribution < -0.4 is 0 Å². The van der Waals surface area contributed by atoms with E-state index in [0.29, 0.717) is 0 Å². The molecule has 1 atom stereocenters. The Kier molecular flexibility index (Phi) is 4.30. The van der Waals surface area contributed by atoms with Gasteiger partial charge in [-0.3, -0.25) is 9.69 Å². The number of aliphatic carboxylic acids is 2. The molecule has 0 aliphatic carbocycles. The van der Waals surface area contributed by atoms with Crippen LogP contribution in [-0.2, 0) is 9.59 Å². The lowest BCUT2D eigenvalue weighted by atomic mass is 9.92. The van der Waals surface area contributed by atoms with Gasteiger partial charge in [0.25, 0.3) is 0 Å². The SMILES string of the molecule is C=CC(CCC(=O)O)(C(=O)O)N(C)C. The highest BCUT2D eigenvalue weighted by Crippen LogP contribution is 2.20. The summed E-state index contributed by atoms with van der Waals surface area (Å²) < 4.78 is 0. The third-order valence-electron chi connectivity index (χ3n) is 2.23. The summed E-state index contributed by atoms with van der Waals surface area (Å²) in [7, 11) is 3.16. The van der Waals surface area contributed by atoms with Crippen molar-refractivity contribution in [2.45, 2.75) is 18.4 Å². The fourth-order valence-corrected chi connectivity index (χ4v) is 1.19. The van der Waals surface area contributed by atoms with E-state index in [1.54, 1.807) is 14.1 Å². The zero-order valence-corrected chi connectivity index (χ0v) is 8.36. The van der Waals surface area contributed by atoms with Crippen LogP contribution in [-0.4, -0.2) is 46.7 Å². The van der Waals surface area contributed by atoms with Crippen LogP contribution in [0.5, 0.6) is 0 Å². The van der Waals surface area contributed by atoms with Crippen molar-refractivity contribution in [3.8, 4) is 0 Å². The maximum atomic E-state index is 11.0. The van der Waals surface area contributed by atoms with E-state index in [2.05, 4.69) is 6.58 Å². The molecule has 0 rings (SSSR count). The van der Waals surface area contributed by atoms with Gasteiger partial charge in [0.05, 0.1) is 0 Å². The molecule has 0 radical (unpaired) electrons. The van der Waals surface area contributed by atoms with Crippen LogP contribution in [0, 0.1) is 0 Å². The van der Waals surface area contributed by atoms with Gasteiger partial charge in [-0.2, -0.15) is 0 Å². The molecule has 0 aromatic carbocycles. The number of carboxylic acid groups (broad SMARTS) is 2. The first kappa shape index (κ1) is 12.6. The number of nitrogens with zero attached hydrogens (tertiary/aromatic N) is 1. The van der Waals surface area contributed by atoms with Crippen molar-refractivity contribution in [2.24, 2.45) is 0 Å². The highest BCUT2D eigenvalue weighted by molar-refractivity contribution is 5.82. The van der Waals surface area contributed by atoms with E-state index < -0.39 is 17.5 Å². The highest BCUT2D eigenvalue weighted by Gasteiger charge is 2.37. The van der Waals surface area contributed by atoms with E-state index in [9.17, 15) is 9.59 Å². The van der Waals surface area contributed by atoms with Gasteiger partial charge >= 0.3 is 11.9 Å². The Hall–Kier alpha value is -1.36. The number of likely N-dealkylation sites (N-methyl/N-ethyl adjacent to an activating group) is 1. The molecule has 1 unspecified atom stereocenters. The van der Waals surface area contributed by atoms with Gasteiger partial charge < -0.3 is 10.2 Å². The molecule has 0 aliphatic heterocycles. The quantitative estimate of drug-likeness (QED) is 0.609. The summed E-state index contributed by atoms with van der Waals surface area (Å²) in [4.78, 5) is 22.8. The van der Waals surface area contributed by atoms with Gasteiger partial charge in [-0.25, -0.2) is 4.79 Å². The van der Waals surface area contributed by atoms with Crippen LogP contribution >= 0.6 is 0 Å². The van der Waals surface area contributed by atoms with Crippen molar-refractivity contribution in [2.75, 3.05) is 14.1 Å². The monoisotopic (exact) mass is 201 g/mol. The van der Waals surface area contributed by atoms with Crippen LogP contribution in [0.2, 0.25) is 0 Å². The number of carboxylic acids is 2. The molecular formula is C9H15NO4. The average Bonchev–Trinajstić information content (AvgIpc) is 2.04. The molecule has 0 bridgehead atoms. The molecule has 80 valence electrons. The van der Waals surface area contributed by atoms with Crippen molar-refractivity contribution >= 4 is 11.9 Å². The smallest absolute Gasteiger partial charge is 0.328 e. The Morgan fingerprint density at radius 2 is 1.93 bits per heavy atom. The van der Waals surface area contributed by atoms with Gasteiger partial charge in [0.2, 0.25) is 0 Å². The second-order valence-electron chi connectivity index (χ2n) is 3.22.